The van der Waals surface area contributed by atoms with Crippen LogP contribution in [0, 0.1) is 0 Å². The van der Waals surface area contributed by atoms with Crippen LogP contribution in [-0.4, -0.2) is 16.2 Å². The first-order valence-corrected chi connectivity index (χ1v) is 5.30. The Morgan fingerprint density at radius 3 is 2.67 bits per heavy atom. The summed E-state index contributed by atoms with van der Waals surface area (Å²) in [4.78, 5) is 4.07. The Morgan fingerprint density at radius 1 is 1.47 bits per heavy atom. The zero-order chi connectivity index (χ0) is 11.5. The third-order valence-corrected chi connectivity index (χ3v) is 2.40. The second kappa shape index (κ2) is 4.62. The number of rotatable bonds is 4. The molecule has 0 radical (unpaired) electrons. The number of hydrogen-bond donors (Lipinski definition) is 1. The molecular weight excluding hydrogens is 190 g/mol. The van der Waals surface area contributed by atoms with Gasteiger partial charge in [-0.15, -0.1) is 0 Å². The van der Waals surface area contributed by atoms with Crippen molar-refractivity contribution in [1.29, 1.82) is 0 Å². The standard InChI is InChI=1S/C12H19NO2/c1-5-12(4,14)10-6-11(8-13-7-10)15-9(2)3/h6-9,14H,5H2,1-4H3. The highest BCUT2D eigenvalue weighted by Crippen LogP contribution is 2.26. The highest BCUT2D eigenvalue weighted by Gasteiger charge is 2.21. The average Bonchev–Trinajstić information content (AvgIpc) is 2.17. The molecule has 1 unspecified atom stereocenters. The van der Waals surface area contributed by atoms with E-state index in [0.717, 1.165) is 5.56 Å². The molecule has 84 valence electrons. The molecule has 1 aromatic rings. The zero-order valence-corrected chi connectivity index (χ0v) is 9.82. The summed E-state index contributed by atoms with van der Waals surface area (Å²) < 4.78 is 5.52. The van der Waals surface area contributed by atoms with E-state index in [1.165, 1.54) is 0 Å². The molecule has 1 heterocycles. The number of ether oxygens (including phenoxy) is 1. The summed E-state index contributed by atoms with van der Waals surface area (Å²) in [5, 5.41) is 10.1. The molecule has 1 aromatic heterocycles. The van der Waals surface area contributed by atoms with Crippen LogP contribution in [0.1, 0.15) is 39.7 Å². The maximum absolute atomic E-state index is 10.1. The van der Waals surface area contributed by atoms with E-state index >= 15 is 0 Å². The molecule has 0 saturated carbocycles. The van der Waals surface area contributed by atoms with Gasteiger partial charge >= 0.3 is 0 Å². The fourth-order valence-corrected chi connectivity index (χ4v) is 1.25. The van der Waals surface area contributed by atoms with Crippen molar-refractivity contribution in [2.45, 2.75) is 45.8 Å². The first-order valence-electron chi connectivity index (χ1n) is 5.30. The van der Waals surface area contributed by atoms with E-state index in [4.69, 9.17) is 4.74 Å². The summed E-state index contributed by atoms with van der Waals surface area (Å²) in [5.74, 6) is 0.705. The topological polar surface area (TPSA) is 42.4 Å². The van der Waals surface area contributed by atoms with Crippen LogP contribution in [0.15, 0.2) is 18.5 Å². The molecule has 15 heavy (non-hydrogen) atoms. The van der Waals surface area contributed by atoms with Gasteiger partial charge in [0.05, 0.1) is 17.9 Å². The molecule has 0 saturated heterocycles. The van der Waals surface area contributed by atoms with Crippen molar-refractivity contribution >= 4 is 0 Å². The lowest BCUT2D eigenvalue weighted by atomic mass is 9.95. The highest BCUT2D eigenvalue weighted by molar-refractivity contribution is 5.27. The zero-order valence-electron chi connectivity index (χ0n) is 9.82. The number of aliphatic hydroxyl groups is 1. The van der Waals surface area contributed by atoms with Crippen molar-refractivity contribution in [3.8, 4) is 5.75 Å². The summed E-state index contributed by atoms with van der Waals surface area (Å²) >= 11 is 0. The van der Waals surface area contributed by atoms with E-state index in [2.05, 4.69) is 4.98 Å². The SMILES string of the molecule is CCC(C)(O)c1cncc(OC(C)C)c1. The van der Waals surface area contributed by atoms with Crippen LogP contribution in [-0.2, 0) is 5.60 Å². The van der Waals surface area contributed by atoms with E-state index in [1.54, 1.807) is 19.3 Å². The molecule has 1 rings (SSSR count). The van der Waals surface area contributed by atoms with E-state index in [0.29, 0.717) is 12.2 Å². The normalized spacial score (nSPS) is 15.1. The highest BCUT2D eigenvalue weighted by atomic mass is 16.5. The van der Waals surface area contributed by atoms with Crippen molar-refractivity contribution in [3.05, 3.63) is 24.0 Å². The Balaban J connectivity index is 2.92. The van der Waals surface area contributed by atoms with Gasteiger partial charge in [-0.3, -0.25) is 4.98 Å². The molecule has 3 nitrogen and oxygen atoms in total. The number of aromatic nitrogens is 1. The lowest BCUT2D eigenvalue weighted by Crippen LogP contribution is -2.20. The van der Waals surface area contributed by atoms with Crippen molar-refractivity contribution < 1.29 is 9.84 Å². The van der Waals surface area contributed by atoms with Gasteiger partial charge < -0.3 is 9.84 Å². The van der Waals surface area contributed by atoms with Gasteiger partial charge in [-0.05, 0) is 33.3 Å². The van der Waals surface area contributed by atoms with Gasteiger partial charge in [0.2, 0.25) is 0 Å². The fraction of sp³-hybridized carbons (Fsp3) is 0.583. The Bertz CT molecular complexity index is 321. The Kier molecular flexibility index (Phi) is 3.69. The maximum atomic E-state index is 10.1. The van der Waals surface area contributed by atoms with E-state index < -0.39 is 5.60 Å². The predicted octanol–water partition coefficient (Wildman–Crippen LogP) is 2.49. The Morgan fingerprint density at radius 2 is 2.13 bits per heavy atom. The van der Waals surface area contributed by atoms with Crippen molar-refractivity contribution in [2.24, 2.45) is 0 Å². The molecule has 0 aliphatic carbocycles. The van der Waals surface area contributed by atoms with Gasteiger partial charge in [-0.2, -0.15) is 0 Å². The van der Waals surface area contributed by atoms with Crippen LogP contribution in [0.4, 0.5) is 0 Å². The monoisotopic (exact) mass is 209 g/mol. The quantitative estimate of drug-likeness (QED) is 0.828. The summed E-state index contributed by atoms with van der Waals surface area (Å²) in [6.07, 6.45) is 4.11. The van der Waals surface area contributed by atoms with Crippen LogP contribution in [0.25, 0.3) is 0 Å². The van der Waals surface area contributed by atoms with Gasteiger partial charge in [-0.25, -0.2) is 0 Å². The van der Waals surface area contributed by atoms with Gasteiger partial charge in [0.1, 0.15) is 5.75 Å². The van der Waals surface area contributed by atoms with E-state index in [1.807, 2.05) is 26.8 Å². The van der Waals surface area contributed by atoms with Crippen molar-refractivity contribution in [2.75, 3.05) is 0 Å². The molecule has 0 aliphatic rings. The van der Waals surface area contributed by atoms with E-state index in [-0.39, 0.29) is 6.10 Å². The minimum atomic E-state index is -0.830. The van der Waals surface area contributed by atoms with Crippen LogP contribution in [0.2, 0.25) is 0 Å². The minimum Gasteiger partial charge on any atom is -0.489 e. The molecule has 0 aliphatic heterocycles. The van der Waals surface area contributed by atoms with Crippen LogP contribution in [0.3, 0.4) is 0 Å². The summed E-state index contributed by atoms with van der Waals surface area (Å²) in [7, 11) is 0. The molecule has 1 atom stereocenters. The fourth-order valence-electron chi connectivity index (χ4n) is 1.25. The molecule has 0 bridgehead atoms. The van der Waals surface area contributed by atoms with Gasteiger partial charge in [0.25, 0.3) is 0 Å². The first-order chi connectivity index (χ1) is 6.95. The molecule has 0 aromatic carbocycles. The molecule has 0 amide bonds. The Labute approximate surface area is 91.1 Å². The Hall–Kier alpha value is -1.09. The third-order valence-electron chi connectivity index (χ3n) is 2.40. The molecule has 0 fully saturated rings. The second-order valence-electron chi connectivity index (χ2n) is 4.20. The summed E-state index contributed by atoms with van der Waals surface area (Å²) in [6.45, 7) is 7.65. The second-order valence-corrected chi connectivity index (χ2v) is 4.20. The van der Waals surface area contributed by atoms with E-state index in [9.17, 15) is 5.11 Å². The minimum absolute atomic E-state index is 0.119. The predicted molar refractivity (Wildman–Crippen MR) is 59.9 cm³/mol. The van der Waals surface area contributed by atoms with Gasteiger partial charge in [0, 0.05) is 11.8 Å². The van der Waals surface area contributed by atoms with Crippen LogP contribution in [0.5, 0.6) is 5.75 Å². The lowest BCUT2D eigenvalue weighted by Gasteiger charge is -2.22. The lowest BCUT2D eigenvalue weighted by molar-refractivity contribution is 0.0523. The average molecular weight is 209 g/mol. The van der Waals surface area contributed by atoms with Crippen LogP contribution < -0.4 is 4.74 Å². The summed E-state index contributed by atoms with van der Waals surface area (Å²) in [5.41, 5.74) is -0.0354. The third kappa shape index (κ3) is 3.20. The maximum Gasteiger partial charge on any atom is 0.138 e. The van der Waals surface area contributed by atoms with Crippen molar-refractivity contribution in [3.63, 3.8) is 0 Å². The number of nitrogens with zero attached hydrogens (tertiary/aromatic N) is 1. The molecule has 1 N–H and O–H groups in total. The van der Waals surface area contributed by atoms with Crippen LogP contribution >= 0.6 is 0 Å². The van der Waals surface area contributed by atoms with Gasteiger partial charge in [0.15, 0.2) is 0 Å². The van der Waals surface area contributed by atoms with Crippen molar-refractivity contribution in [1.82, 2.24) is 4.98 Å². The summed E-state index contributed by atoms with van der Waals surface area (Å²) in [6, 6.07) is 1.84. The van der Waals surface area contributed by atoms with Gasteiger partial charge in [-0.1, -0.05) is 6.92 Å². The first kappa shape index (κ1) is 12.0. The molecular formula is C12H19NO2. The molecule has 0 spiro atoms. The largest absolute Gasteiger partial charge is 0.489 e. The number of pyridine rings is 1. The smallest absolute Gasteiger partial charge is 0.138 e. The molecule has 3 heteroatoms. The number of hydrogen-bond acceptors (Lipinski definition) is 3.